The van der Waals surface area contributed by atoms with Gasteiger partial charge in [-0.15, -0.1) is 11.3 Å². The molecular formula is C14H12BrN3OS. The number of aryl methyl sites for hydroxylation is 1. The molecule has 2 N–H and O–H groups in total. The maximum atomic E-state index is 11.9. The third kappa shape index (κ3) is 3.08. The first-order chi connectivity index (χ1) is 9.70. The van der Waals surface area contributed by atoms with Crippen molar-refractivity contribution in [2.75, 3.05) is 5.32 Å². The zero-order valence-electron chi connectivity index (χ0n) is 10.5. The Balaban J connectivity index is 1.60. The molecular weight excluding hydrogens is 338 g/mol. The molecule has 0 fully saturated rings. The Morgan fingerprint density at radius 1 is 1.35 bits per heavy atom. The number of thiophene rings is 1. The fourth-order valence-electron chi connectivity index (χ4n) is 1.96. The van der Waals surface area contributed by atoms with Gasteiger partial charge in [0.2, 0.25) is 5.91 Å². The van der Waals surface area contributed by atoms with Crippen LogP contribution in [0.25, 0.3) is 10.9 Å². The van der Waals surface area contributed by atoms with Crippen LogP contribution in [0.1, 0.15) is 11.3 Å². The average Bonchev–Trinajstić information content (AvgIpc) is 3.04. The van der Waals surface area contributed by atoms with Crippen molar-refractivity contribution in [3.63, 3.8) is 0 Å². The first-order valence-corrected chi connectivity index (χ1v) is 7.79. The van der Waals surface area contributed by atoms with Gasteiger partial charge in [0.1, 0.15) is 0 Å². The predicted molar refractivity (Wildman–Crippen MR) is 85.1 cm³/mol. The number of amides is 1. The molecule has 1 amide bonds. The smallest absolute Gasteiger partial charge is 0.224 e. The zero-order valence-corrected chi connectivity index (χ0v) is 12.9. The van der Waals surface area contributed by atoms with Gasteiger partial charge in [-0.05, 0) is 52.7 Å². The summed E-state index contributed by atoms with van der Waals surface area (Å²) in [6.45, 7) is 0. The van der Waals surface area contributed by atoms with Crippen molar-refractivity contribution in [1.29, 1.82) is 0 Å². The van der Waals surface area contributed by atoms with E-state index in [9.17, 15) is 4.79 Å². The van der Waals surface area contributed by atoms with E-state index in [1.807, 2.05) is 30.3 Å². The van der Waals surface area contributed by atoms with Gasteiger partial charge in [-0.1, -0.05) is 0 Å². The SMILES string of the molecule is O=C(CCc1ccc(Br)s1)Nc1ccc2cn[nH]c2c1. The molecule has 0 unspecified atom stereocenters. The second-order valence-corrected chi connectivity index (χ2v) is 6.97. The molecule has 2 heterocycles. The molecule has 0 saturated carbocycles. The number of rotatable bonds is 4. The van der Waals surface area contributed by atoms with Gasteiger partial charge in [0.25, 0.3) is 0 Å². The standard InChI is InChI=1S/C14H12BrN3OS/c15-13-5-3-11(20-13)4-6-14(19)17-10-2-1-9-8-16-18-12(9)7-10/h1-3,5,7-8H,4,6H2,(H,16,18)(H,17,19). The Hall–Kier alpha value is -1.66. The predicted octanol–water partition coefficient (Wildman–Crippen LogP) is 3.96. The highest BCUT2D eigenvalue weighted by molar-refractivity contribution is 9.11. The van der Waals surface area contributed by atoms with Crippen LogP contribution in [0.15, 0.2) is 40.3 Å². The fraction of sp³-hybridized carbons (Fsp3) is 0.143. The van der Waals surface area contributed by atoms with E-state index in [1.165, 1.54) is 4.88 Å². The number of carbonyl (C=O) groups is 1. The van der Waals surface area contributed by atoms with E-state index in [1.54, 1.807) is 17.5 Å². The monoisotopic (exact) mass is 349 g/mol. The van der Waals surface area contributed by atoms with Crippen LogP contribution < -0.4 is 5.32 Å². The first-order valence-electron chi connectivity index (χ1n) is 6.18. The van der Waals surface area contributed by atoms with Crippen LogP contribution in [-0.2, 0) is 11.2 Å². The molecule has 0 saturated heterocycles. The van der Waals surface area contributed by atoms with E-state index in [0.29, 0.717) is 6.42 Å². The Labute approximate surface area is 128 Å². The average molecular weight is 350 g/mol. The third-order valence-corrected chi connectivity index (χ3v) is 4.64. The van der Waals surface area contributed by atoms with Gasteiger partial charge in [0, 0.05) is 22.4 Å². The van der Waals surface area contributed by atoms with Crippen molar-refractivity contribution in [3.8, 4) is 0 Å². The second kappa shape index (κ2) is 5.76. The topological polar surface area (TPSA) is 57.8 Å². The minimum absolute atomic E-state index is 0.0217. The van der Waals surface area contributed by atoms with Crippen molar-refractivity contribution in [3.05, 3.63) is 45.2 Å². The minimum atomic E-state index is 0.0217. The molecule has 3 aromatic rings. The van der Waals surface area contributed by atoms with Gasteiger partial charge in [0.05, 0.1) is 15.5 Å². The van der Waals surface area contributed by atoms with E-state index in [0.717, 1.165) is 26.8 Å². The van der Waals surface area contributed by atoms with E-state index < -0.39 is 0 Å². The van der Waals surface area contributed by atoms with Gasteiger partial charge >= 0.3 is 0 Å². The molecule has 0 atom stereocenters. The molecule has 1 aromatic carbocycles. The Morgan fingerprint density at radius 2 is 2.25 bits per heavy atom. The van der Waals surface area contributed by atoms with Gasteiger partial charge < -0.3 is 5.32 Å². The molecule has 0 aliphatic heterocycles. The van der Waals surface area contributed by atoms with E-state index in [2.05, 4.69) is 31.4 Å². The minimum Gasteiger partial charge on any atom is -0.326 e. The summed E-state index contributed by atoms with van der Waals surface area (Å²) in [5.41, 5.74) is 1.71. The number of hydrogen-bond acceptors (Lipinski definition) is 3. The quantitative estimate of drug-likeness (QED) is 0.748. The second-order valence-electron chi connectivity index (χ2n) is 4.43. The fourth-order valence-corrected chi connectivity index (χ4v) is 3.44. The molecule has 102 valence electrons. The number of hydrogen-bond donors (Lipinski definition) is 2. The van der Waals surface area contributed by atoms with Crippen LogP contribution >= 0.6 is 27.3 Å². The number of aromatic nitrogens is 2. The molecule has 4 nitrogen and oxygen atoms in total. The van der Waals surface area contributed by atoms with Crippen LogP contribution in [0.5, 0.6) is 0 Å². The molecule has 0 spiro atoms. The normalized spacial score (nSPS) is 10.8. The van der Waals surface area contributed by atoms with Gasteiger partial charge in [0.15, 0.2) is 0 Å². The summed E-state index contributed by atoms with van der Waals surface area (Å²) in [5, 5.41) is 10.8. The maximum Gasteiger partial charge on any atom is 0.224 e. The van der Waals surface area contributed by atoms with Crippen molar-refractivity contribution in [2.45, 2.75) is 12.8 Å². The molecule has 3 rings (SSSR count). The lowest BCUT2D eigenvalue weighted by atomic mass is 10.2. The highest BCUT2D eigenvalue weighted by Gasteiger charge is 2.06. The molecule has 20 heavy (non-hydrogen) atoms. The molecule has 0 aliphatic rings. The zero-order chi connectivity index (χ0) is 13.9. The van der Waals surface area contributed by atoms with Crippen molar-refractivity contribution in [1.82, 2.24) is 10.2 Å². The molecule has 0 bridgehead atoms. The number of fused-ring (bicyclic) bond motifs is 1. The van der Waals surface area contributed by atoms with Gasteiger partial charge in [-0.3, -0.25) is 9.89 Å². The van der Waals surface area contributed by atoms with Crippen molar-refractivity contribution < 1.29 is 4.79 Å². The number of H-pyrrole nitrogens is 1. The number of nitrogens with zero attached hydrogens (tertiary/aromatic N) is 1. The summed E-state index contributed by atoms with van der Waals surface area (Å²) < 4.78 is 1.10. The van der Waals surface area contributed by atoms with Crippen molar-refractivity contribution >= 4 is 49.8 Å². The largest absolute Gasteiger partial charge is 0.326 e. The first kappa shape index (κ1) is 13.3. The number of anilines is 1. The lowest BCUT2D eigenvalue weighted by Gasteiger charge is -2.04. The Kier molecular flexibility index (Phi) is 3.84. The highest BCUT2D eigenvalue weighted by Crippen LogP contribution is 2.23. The number of halogens is 1. The van der Waals surface area contributed by atoms with E-state index in [4.69, 9.17) is 0 Å². The van der Waals surface area contributed by atoms with Crippen LogP contribution in [0.3, 0.4) is 0 Å². The molecule has 6 heteroatoms. The van der Waals surface area contributed by atoms with Gasteiger partial charge in [-0.25, -0.2) is 0 Å². The van der Waals surface area contributed by atoms with Crippen LogP contribution in [0.2, 0.25) is 0 Å². The number of carbonyl (C=O) groups excluding carboxylic acids is 1. The number of benzene rings is 1. The number of aromatic amines is 1. The molecule has 0 aliphatic carbocycles. The lowest BCUT2D eigenvalue weighted by Crippen LogP contribution is -2.11. The summed E-state index contributed by atoms with van der Waals surface area (Å²) in [6, 6.07) is 9.76. The summed E-state index contributed by atoms with van der Waals surface area (Å²) in [6.07, 6.45) is 3.00. The van der Waals surface area contributed by atoms with Crippen LogP contribution in [0, 0.1) is 0 Å². The summed E-state index contributed by atoms with van der Waals surface area (Å²) in [5.74, 6) is 0.0217. The summed E-state index contributed by atoms with van der Waals surface area (Å²) in [4.78, 5) is 13.1. The molecule has 2 aromatic heterocycles. The maximum absolute atomic E-state index is 11.9. The van der Waals surface area contributed by atoms with Gasteiger partial charge in [-0.2, -0.15) is 5.10 Å². The highest BCUT2D eigenvalue weighted by atomic mass is 79.9. The number of nitrogens with one attached hydrogen (secondary N) is 2. The summed E-state index contributed by atoms with van der Waals surface area (Å²) >= 11 is 5.08. The van der Waals surface area contributed by atoms with Crippen molar-refractivity contribution in [2.24, 2.45) is 0 Å². The van der Waals surface area contributed by atoms with Crippen LogP contribution in [0.4, 0.5) is 5.69 Å². The summed E-state index contributed by atoms with van der Waals surface area (Å²) in [7, 11) is 0. The van der Waals surface area contributed by atoms with E-state index >= 15 is 0 Å². The Bertz CT molecular complexity index is 750. The third-order valence-electron chi connectivity index (χ3n) is 2.95. The Morgan fingerprint density at radius 3 is 3.05 bits per heavy atom. The lowest BCUT2D eigenvalue weighted by molar-refractivity contribution is -0.116. The molecule has 0 radical (unpaired) electrons. The van der Waals surface area contributed by atoms with Crippen LogP contribution in [-0.4, -0.2) is 16.1 Å². The van der Waals surface area contributed by atoms with E-state index in [-0.39, 0.29) is 5.91 Å².